The Morgan fingerprint density at radius 2 is 1.67 bits per heavy atom. The van der Waals surface area contributed by atoms with Gasteiger partial charge >= 0.3 is 0 Å². The van der Waals surface area contributed by atoms with Gasteiger partial charge in [-0.25, -0.2) is 0 Å². The molecule has 1 aromatic rings. The van der Waals surface area contributed by atoms with Gasteiger partial charge in [-0.2, -0.15) is 0 Å². The van der Waals surface area contributed by atoms with E-state index in [-0.39, 0.29) is 18.1 Å². The molecule has 2 rings (SSSR count). The Hall–Kier alpha value is -1.35. The maximum absolute atomic E-state index is 12.7. The molecule has 0 aliphatic carbocycles. The third kappa shape index (κ3) is 4.31. The summed E-state index contributed by atoms with van der Waals surface area (Å²) in [5.74, 6) is 1.37. The van der Waals surface area contributed by atoms with Gasteiger partial charge in [0.05, 0.1) is 12.2 Å². The predicted octanol–water partition coefficient (Wildman–Crippen LogP) is 3.41. The van der Waals surface area contributed by atoms with Crippen LogP contribution in [0, 0.1) is 11.8 Å². The molecule has 3 heteroatoms. The van der Waals surface area contributed by atoms with E-state index < -0.39 is 0 Å². The lowest BCUT2D eigenvalue weighted by Gasteiger charge is -2.25. The second kappa shape index (κ2) is 7.08. The maximum atomic E-state index is 12.7. The number of nitrogens with one attached hydrogen (secondary N) is 1. The molecule has 0 unspecified atom stereocenters. The Morgan fingerprint density at radius 1 is 1.05 bits per heavy atom. The predicted molar refractivity (Wildman–Crippen MR) is 86.6 cm³/mol. The highest BCUT2D eigenvalue weighted by Gasteiger charge is 2.38. The van der Waals surface area contributed by atoms with Crippen LogP contribution in [0.5, 0.6) is 0 Å². The van der Waals surface area contributed by atoms with Crippen LogP contribution in [-0.2, 0) is 11.3 Å². The normalized spacial score (nSPS) is 22.6. The molecular weight excluding hydrogens is 260 g/mol. The van der Waals surface area contributed by atoms with Crippen molar-refractivity contribution in [1.82, 2.24) is 10.2 Å². The van der Waals surface area contributed by atoms with Crippen molar-refractivity contribution in [1.29, 1.82) is 0 Å². The number of hydrogen-bond donors (Lipinski definition) is 1. The van der Waals surface area contributed by atoms with Gasteiger partial charge in [0, 0.05) is 6.54 Å². The van der Waals surface area contributed by atoms with Crippen LogP contribution in [0.1, 0.15) is 46.1 Å². The minimum atomic E-state index is -0.0162. The summed E-state index contributed by atoms with van der Waals surface area (Å²) in [6, 6.07) is 10.3. The molecule has 1 aromatic carbocycles. The maximum Gasteiger partial charge on any atom is 0.241 e. The van der Waals surface area contributed by atoms with E-state index in [0.717, 1.165) is 12.8 Å². The van der Waals surface area contributed by atoms with Gasteiger partial charge in [-0.05, 0) is 30.2 Å². The molecule has 1 heterocycles. The summed E-state index contributed by atoms with van der Waals surface area (Å²) < 4.78 is 0. The number of rotatable bonds is 6. The van der Waals surface area contributed by atoms with E-state index in [2.05, 4.69) is 45.1 Å². The van der Waals surface area contributed by atoms with Crippen molar-refractivity contribution in [3.05, 3.63) is 35.9 Å². The molecule has 116 valence electrons. The summed E-state index contributed by atoms with van der Waals surface area (Å²) in [5, 5.41) is 3.55. The average Bonchev–Trinajstić information content (AvgIpc) is 2.67. The highest BCUT2D eigenvalue weighted by atomic mass is 16.2. The molecule has 1 aliphatic rings. The molecule has 1 fully saturated rings. The Balaban J connectivity index is 2.11. The fourth-order valence-corrected chi connectivity index (χ4v) is 3.00. The van der Waals surface area contributed by atoms with E-state index in [4.69, 9.17) is 0 Å². The van der Waals surface area contributed by atoms with Crippen LogP contribution in [0.4, 0.5) is 0 Å². The summed E-state index contributed by atoms with van der Waals surface area (Å²) in [6.07, 6.45) is 2.09. The minimum Gasteiger partial charge on any atom is -0.321 e. The van der Waals surface area contributed by atoms with Crippen molar-refractivity contribution in [2.24, 2.45) is 11.8 Å². The highest BCUT2D eigenvalue weighted by molar-refractivity contribution is 5.84. The zero-order valence-corrected chi connectivity index (χ0v) is 13.7. The third-order valence-corrected chi connectivity index (χ3v) is 3.95. The molecule has 3 nitrogen and oxygen atoms in total. The molecule has 1 N–H and O–H groups in total. The Morgan fingerprint density at radius 3 is 2.24 bits per heavy atom. The van der Waals surface area contributed by atoms with Crippen LogP contribution in [0.2, 0.25) is 0 Å². The SMILES string of the molecule is CC(C)C[C@@H]1N[C@@H](CC(C)C)N(Cc2ccccc2)C1=O. The van der Waals surface area contributed by atoms with Gasteiger partial charge in [0.2, 0.25) is 5.91 Å². The minimum absolute atomic E-state index is 0.0162. The molecule has 2 atom stereocenters. The van der Waals surface area contributed by atoms with E-state index >= 15 is 0 Å². The monoisotopic (exact) mass is 288 g/mol. The second-order valence-electron chi connectivity index (χ2n) is 6.95. The zero-order valence-electron chi connectivity index (χ0n) is 13.7. The first-order valence-electron chi connectivity index (χ1n) is 8.07. The Labute approximate surface area is 128 Å². The molecule has 1 amide bonds. The molecule has 0 spiro atoms. The van der Waals surface area contributed by atoms with Crippen molar-refractivity contribution < 1.29 is 4.79 Å². The van der Waals surface area contributed by atoms with E-state index in [9.17, 15) is 4.79 Å². The van der Waals surface area contributed by atoms with Gasteiger partial charge in [-0.3, -0.25) is 10.1 Å². The number of nitrogens with zero attached hydrogens (tertiary/aromatic N) is 1. The Kier molecular flexibility index (Phi) is 5.40. The van der Waals surface area contributed by atoms with E-state index in [0.29, 0.717) is 18.4 Å². The van der Waals surface area contributed by atoms with E-state index in [1.807, 2.05) is 23.1 Å². The molecule has 1 saturated heterocycles. The molecule has 1 aliphatic heterocycles. The quantitative estimate of drug-likeness (QED) is 0.870. The lowest BCUT2D eigenvalue weighted by Crippen LogP contribution is -2.38. The van der Waals surface area contributed by atoms with Crippen LogP contribution in [-0.4, -0.2) is 23.0 Å². The molecular formula is C18H28N2O. The Bertz CT molecular complexity index is 456. The largest absolute Gasteiger partial charge is 0.321 e. The fraction of sp³-hybridized carbons (Fsp3) is 0.611. The van der Waals surface area contributed by atoms with E-state index in [1.54, 1.807) is 0 Å². The fourth-order valence-electron chi connectivity index (χ4n) is 3.00. The van der Waals surface area contributed by atoms with Crippen LogP contribution >= 0.6 is 0 Å². The number of hydrogen-bond acceptors (Lipinski definition) is 2. The molecule has 0 aromatic heterocycles. The second-order valence-corrected chi connectivity index (χ2v) is 6.95. The number of carbonyl (C=O) groups is 1. The third-order valence-electron chi connectivity index (χ3n) is 3.95. The molecule has 0 bridgehead atoms. The first kappa shape index (κ1) is 16.0. The topological polar surface area (TPSA) is 32.3 Å². The molecule has 21 heavy (non-hydrogen) atoms. The van der Waals surface area contributed by atoms with Gasteiger partial charge in [0.1, 0.15) is 0 Å². The zero-order chi connectivity index (χ0) is 15.4. The highest BCUT2D eigenvalue weighted by Crippen LogP contribution is 2.23. The lowest BCUT2D eigenvalue weighted by atomic mass is 10.0. The average molecular weight is 288 g/mol. The summed E-state index contributed by atoms with van der Waals surface area (Å²) in [5.41, 5.74) is 1.20. The van der Waals surface area contributed by atoms with Crippen LogP contribution in [0.25, 0.3) is 0 Å². The molecule has 0 radical (unpaired) electrons. The van der Waals surface area contributed by atoms with E-state index in [1.165, 1.54) is 5.56 Å². The smallest absolute Gasteiger partial charge is 0.241 e. The first-order chi connectivity index (χ1) is 9.97. The summed E-state index contributed by atoms with van der Waals surface area (Å²) in [4.78, 5) is 14.7. The molecule has 0 saturated carbocycles. The van der Waals surface area contributed by atoms with Crippen molar-refractivity contribution in [2.75, 3.05) is 0 Å². The summed E-state index contributed by atoms with van der Waals surface area (Å²) in [6.45, 7) is 9.47. The van der Waals surface area contributed by atoms with Crippen LogP contribution in [0.3, 0.4) is 0 Å². The van der Waals surface area contributed by atoms with Crippen LogP contribution in [0.15, 0.2) is 30.3 Å². The summed E-state index contributed by atoms with van der Waals surface area (Å²) in [7, 11) is 0. The number of carbonyl (C=O) groups excluding carboxylic acids is 1. The van der Waals surface area contributed by atoms with Gasteiger partial charge in [0.25, 0.3) is 0 Å². The lowest BCUT2D eigenvalue weighted by molar-refractivity contribution is -0.131. The van der Waals surface area contributed by atoms with Gasteiger partial charge in [0.15, 0.2) is 0 Å². The first-order valence-corrected chi connectivity index (χ1v) is 8.07. The standard InChI is InChI=1S/C18H28N2O/c1-13(2)10-16-18(21)20(17(19-16)11-14(3)4)12-15-8-6-5-7-9-15/h5-9,13-14,16-17,19H,10-12H2,1-4H3/t16-,17+/m0/s1. The van der Waals surface area contributed by atoms with Crippen molar-refractivity contribution in [3.8, 4) is 0 Å². The van der Waals surface area contributed by atoms with Crippen molar-refractivity contribution >= 4 is 5.91 Å². The number of benzene rings is 1. The van der Waals surface area contributed by atoms with Crippen molar-refractivity contribution in [2.45, 2.75) is 59.3 Å². The van der Waals surface area contributed by atoms with Gasteiger partial charge < -0.3 is 4.90 Å². The van der Waals surface area contributed by atoms with Crippen LogP contribution < -0.4 is 5.32 Å². The van der Waals surface area contributed by atoms with Gasteiger partial charge in [-0.1, -0.05) is 58.0 Å². The number of amides is 1. The summed E-state index contributed by atoms with van der Waals surface area (Å²) >= 11 is 0. The van der Waals surface area contributed by atoms with Crippen molar-refractivity contribution in [3.63, 3.8) is 0 Å². The van der Waals surface area contributed by atoms with Gasteiger partial charge in [-0.15, -0.1) is 0 Å².